The number of aliphatic hydroxyl groups is 4. The van der Waals surface area contributed by atoms with Gasteiger partial charge in [0.15, 0.2) is 14.1 Å². The van der Waals surface area contributed by atoms with E-state index in [4.69, 9.17) is 13.9 Å². The molecule has 43 heavy (non-hydrogen) atoms. The third kappa shape index (κ3) is 4.46. The van der Waals surface area contributed by atoms with Crippen LogP contribution in [0.4, 0.5) is 0 Å². The zero-order valence-corrected chi connectivity index (χ0v) is 27.4. The molecule has 3 aliphatic carbocycles. The summed E-state index contributed by atoms with van der Waals surface area (Å²) < 4.78 is 19.2. The molecule has 10 heteroatoms. The van der Waals surface area contributed by atoms with Crippen molar-refractivity contribution in [3.05, 3.63) is 47.0 Å². The minimum atomic E-state index is -2.36. The summed E-state index contributed by atoms with van der Waals surface area (Å²) in [6.45, 7) is 12.9. The van der Waals surface area contributed by atoms with E-state index in [9.17, 15) is 30.0 Å². The number of carbonyl (C=O) groups is 2. The first kappa shape index (κ1) is 32.5. The van der Waals surface area contributed by atoms with Crippen LogP contribution in [0.5, 0.6) is 0 Å². The number of hydrogen-bond acceptors (Lipinski definition) is 9. The molecule has 1 aliphatic heterocycles. The summed E-state index contributed by atoms with van der Waals surface area (Å²) in [6, 6.07) is 10.8. The fourth-order valence-electron chi connectivity index (χ4n) is 8.72. The normalized spacial score (nSPS) is 40.5. The van der Waals surface area contributed by atoms with Crippen molar-refractivity contribution in [2.45, 2.75) is 121 Å². The first-order chi connectivity index (χ1) is 20.1. The van der Waals surface area contributed by atoms with Gasteiger partial charge in [-0.1, -0.05) is 52.8 Å². The average molecular weight is 617 g/mol. The Balaban J connectivity index is 1.79. The number of rotatable bonds is 7. The van der Waals surface area contributed by atoms with E-state index in [0.717, 1.165) is 18.1 Å². The van der Waals surface area contributed by atoms with Crippen LogP contribution >= 0.6 is 0 Å². The van der Waals surface area contributed by atoms with E-state index >= 15 is 0 Å². The van der Waals surface area contributed by atoms with Gasteiger partial charge in [-0.25, -0.2) is 4.79 Å². The average Bonchev–Trinajstić information content (AvgIpc) is 2.98. The van der Waals surface area contributed by atoms with Gasteiger partial charge in [0.1, 0.15) is 23.4 Å². The number of ether oxygens (including phenoxy) is 2. The summed E-state index contributed by atoms with van der Waals surface area (Å²) in [6.07, 6.45) is -5.85. The van der Waals surface area contributed by atoms with Crippen molar-refractivity contribution in [2.75, 3.05) is 6.61 Å². The molecule has 2 bridgehead atoms. The number of hydrogen-bond donors (Lipinski definition) is 4. The van der Waals surface area contributed by atoms with Crippen LogP contribution in [-0.4, -0.2) is 88.8 Å². The molecule has 2 saturated carbocycles. The zero-order chi connectivity index (χ0) is 31.8. The predicted octanol–water partition coefficient (Wildman–Crippen LogP) is 3.54. The van der Waals surface area contributed by atoms with Gasteiger partial charge in [0.05, 0.1) is 35.9 Å². The minimum absolute atomic E-state index is 0.133. The highest BCUT2D eigenvalue weighted by molar-refractivity contribution is 6.73. The number of fused-ring (bicyclic) bond motifs is 5. The van der Waals surface area contributed by atoms with Crippen molar-refractivity contribution in [3.63, 3.8) is 0 Å². The van der Waals surface area contributed by atoms with E-state index in [-0.39, 0.29) is 30.6 Å². The van der Waals surface area contributed by atoms with Crippen molar-refractivity contribution in [2.24, 2.45) is 16.7 Å². The van der Waals surface area contributed by atoms with Crippen molar-refractivity contribution in [1.29, 1.82) is 0 Å². The Kier molecular flexibility index (Phi) is 8.20. The molecule has 0 spiro atoms. The fourth-order valence-corrected chi connectivity index (χ4v) is 11.7. The van der Waals surface area contributed by atoms with Gasteiger partial charge in [-0.2, -0.15) is 0 Å². The van der Waals surface area contributed by atoms with Gasteiger partial charge in [0.25, 0.3) is 0 Å². The van der Waals surface area contributed by atoms with Crippen LogP contribution in [0.2, 0.25) is 18.1 Å². The number of ketones is 1. The second-order valence-electron chi connectivity index (χ2n) is 14.0. The van der Waals surface area contributed by atoms with Crippen molar-refractivity contribution in [1.82, 2.24) is 0 Å². The summed E-state index contributed by atoms with van der Waals surface area (Å²) in [7, 11) is -2.36. The van der Waals surface area contributed by atoms with E-state index in [1.165, 1.54) is 0 Å². The molecule has 4 aliphatic rings. The maximum absolute atomic E-state index is 14.9. The first-order valence-corrected chi connectivity index (χ1v) is 18.2. The standard InChI is InChI=1S/C33H48O9Si/c1-8-43(9-2,10-3)42-22-16-23-32(38,18-40-23)26-28(41-29(37)20-14-12-11-13-15-20)33(39)17-21(34)19(4)24(30(33,5)6)25(35)27(36)31(22,26)7/h11-15,21-23,25-26,28,34-35,38-39H,8-10,16-18H2,1-7H3/t21?,22-,23?,25?,26?,28?,31?,32?,33?/m0/s1. The van der Waals surface area contributed by atoms with Crippen LogP contribution in [-0.2, 0) is 18.7 Å². The lowest BCUT2D eigenvalue weighted by atomic mass is 9.45. The third-order valence-corrected chi connectivity index (χ3v) is 16.6. The summed E-state index contributed by atoms with van der Waals surface area (Å²) in [5.41, 5.74) is -5.69. The highest BCUT2D eigenvalue weighted by atomic mass is 28.4. The summed E-state index contributed by atoms with van der Waals surface area (Å²) in [4.78, 5) is 28.7. The molecule has 0 radical (unpaired) electrons. The molecule has 4 N–H and O–H groups in total. The Hall–Kier alpha value is -1.92. The molecule has 9 atom stereocenters. The van der Waals surface area contributed by atoms with Crippen LogP contribution < -0.4 is 0 Å². The number of aliphatic hydroxyl groups excluding tert-OH is 2. The van der Waals surface area contributed by atoms with E-state index < -0.39 is 78.5 Å². The number of benzene rings is 1. The quantitative estimate of drug-likeness (QED) is 0.206. The van der Waals surface area contributed by atoms with Gasteiger partial charge < -0.3 is 34.3 Å². The van der Waals surface area contributed by atoms with Gasteiger partial charge in [-0.15, -0.1) is 0 Å². The molecule has 8 unspecified atom stereocenters. The second kappa shape index (κ2) is 10.9. The van der Waals surface area contributed by atoms with Gasteiger partial charge in [0.2, 0.25) is 0 Å². The van der Waals surface area contributed by atoms with Crippen LogP contribution in [0.25, 0.3) is 0 Å². The topological polar surface area (TPSA) is 143 Å². The van der Waals surface area contributed by atoms with Gasteiger partial charge in [-0.05, 0) is 55.3 Å². The van der Waals surface area contributed by atoms with Crippen molar-refractivity contribution < 1.29 is 43.9 Å². The maximum atomic E-state index is 14.9. The summed E-state index contributed by atoms with van der Waals surface area (Å²) >= 11 is 0. The monoisotopic (exact) mass is 616 g/mol. The Morgan fingerprint density at radius 3 is 2.19 bits per heavy atom. The second-order valence-corrected chi connectivity index (χ2v) is 18.7. The molecule has 0 aromatic heterocycles. The molecule has 1 aromatic rings. The zero-order valence-electron chi connectivity index (χ0n) is 26.4. The fraction of sp³-hybridized carbons (Fsp3) is 0.697. The Morgan fingerprint density at radius 1 is 1.05 bits per heavy atom. The molecular weight excluding hydrogens is 568 g/mol. The summed E-state index contributed by atoms with van der Waals surface area (Å²) in [5.74, 6) is -2.51. The lowest BCUT2D eigenvalue weighted by molar-refractivity contribution is -0.342. The van der Waals surface area contributed by atoms with E-state index in [2.05, 4.69) is 20.8 Å². The molecule has 1 heterocycles. The van der Waals surface area contributed by atoms with Crippen LogP contribution in [0.1, 0.15) is 71.7 Å². The third-order valence-electron chi connectivity index (χ3n) is 11.9. The van der Waals surface area contributed by atoms with Crippen LogP contribution in [0, 0.1) is 16.7 Å². The van der Waals surface area contributed by atoms with Gasteiger partial charge >= 0.3 is 5.97 Å². The maximum Gasteiger partial charge on any atom is 0.338 e. The van der Waals surface area contributed by atoms with E-state index in [1.807, 2.05) is 0 Å². The highest BCUT2D eigenvalue weighted by Gasteiger charge is 2.76. The molecular formula is C33H48O9Si. The number of Topliss-reactive ketones (excluding diaryl/α,β-unsaturated/α-hetero) is 1. The minimum Gasteiger partial charge on any atom is -0.455 e. The Bertz CT molecular complexity index is 1280. The molecule has 3 fully saturated rings. The van der Waals surface area contributed by atoms with E-state index in [1.54, 1.807) is 58.0 Å². The smallest absolute Gasteiger partial charge is 0.338 e. The molecule has 5 rings (SSSR count). The van der Waals surface area contributed by atoms with Gasteiger partial charge in [-0.3, -0.25) is 4.79 Å². The highest BCUT2D eigenvalue weighted by Crippen LogP contribution is 2.63. The molecule has 0 amide bonds. The number of esters is 1. The SMILES string of the molecule is CC[Si](CC)(CC)O[C@H]1CC2OCC2(O)C2C(OC(=O)c3ccccc3)C3(O)CC(O)C(C)=C(C(O)C(=O)C21C)C3(C)C. The molecule has 9 nitrogen and oxygen atoms in total. The molecule has 238 valence electrons. The van der Waals surface area contributed by atoms with Crippen LogP contribution in [0.3, 0.4) is 0 Å². The Morgan fingerprint density at radius 2 is 1.65 bits per heavy atom. The Labute approximate surface area is 255 Å². The molecule has 1 aromatic carbocycles. The number of carbonyl (C=O) groups excluding carboxylic acids is 2. The van der Waals surface area contributed by atoms with E-state index in [0.29, 0.717) is 5.57 Å². The van der Waals surface area contributed by atoms with Crippen molar-refractivity contribution in [3.8, 4) is 0 Å². The largest absolute Gasteiger partial charge is 0.455 e. The molecule has 1 saturated heterocycles. The lowest BCUT2D eigenvalue weighted by Crippen LogP contribution is -2.81. The lowest BCUT2D eigenvalue weighted by Gasteiger charge is -2.67. The van der Waals surface area contributed by atoms with Crippen molar-refractivity contribution >= 4 is 20.1 Å². The summed E-state index contributed by atoms with van der Waals surface area (Å²) in [5, 5.41) is 48.4. The van der Waals surface area contributed by atoms with Crippen LogP contribution in [0.15, 0.2) is 41.5 Å². The predicted molar refractivity (Wildman–Crippen MR) is 162 cm³/mol. The first-order valence-electron chi connectivity index (χ1n) is 15.7. The van der Waals surface area contributed by atoms with Gasteiger partial charge in [0, 0.05) is 24.2 Å².